The van der Waals surface area contributed by atoms with Crippen molar-refractivity contribution >= 4 is 27.5 Å². The Labute approximate surface area is 212 Å². The summed E-state index contributed by atoms with van der Waals surface area (Å²) in [6.07, 6.45) is 2.23. The van der Waals surface area contributed by atoms with Gasteiger partial charge < -0.3 is 20.3 Å². The van der Waals surface area contributed by atoms with Crippen molar-refractivity contribution in [3.05, 3.63) is 54.1 Å². The first-order chi connectivity index (χ1) is 17.4. The Morgan fingerprint density at radius 1 is 1.00 bits per heavy atom. The highest BCUT2D eigenvalue weighted by Crippen LogP contribution is 2.34. The van der Waals surface area contributed by atoms with Gasteiger partial charge in [-0.2, -0.15) is 4.31 Å². The number of amides is 2. The van der Waals surface area contributed by atoms with Crippen LogP contribution in [0.2, 0.25) is 0 Å². The molecule has 2 aromatic carbocycles. The molecule has 1 unspecified atom stereocenters. The molecule has 0 aromatic heterocycles. The lowest BCUT2D eigenvalue weighted by Gasteiger charge is -2.30. The van der Waals surface area contributed by atoms with Crippen LogP contribution in [0.15, 0.2) is 53.4 Å². The van der Waals surface area contributed by atoms with Crippen molar-refractivity contribution < 1.29 is 22.7 Å². The Kier molecular flexibility index (Phi) is 8.60. The summed E-state index contributed by atoms with van der Waals surface area (Å²) in [5.41, 5.74) is 1.51. The van der Waals surface area contributed by atoms with E-state index in [9.17, 15) is 18.0 Å². The summed E-state index contributed by atoms with van der Waals surface area (Å²) in [5.74, 6) is 0.330. The third-order valence-corrected chi connectivity index (χ3v) is 8.43. The number of sulfonamides is 1. The van der Waals surface area contributed by atoms with Gasteiger partial charge in [0.15, 0.2) is 0 Å². The van der Waals surface area contributed by atoms with Crippen LogP contribution >= 0.6 is 0 Å². The zero-order valence-electron chi connectivity index (χ0n) is 20.6. The van der Waals surface area contributed by atoms with Gasteiger partial charge in [-0.1, -0.05) is 30.3 Å². The number of nitrogens with zero attached hydrogens (tertiary/aromatic N) is 2. The van der Waals surface area contributed by atoms with Gasteiger partial charge in [-0.3, -0.25) is 9.59 Å². The summed E-state index contributed by atoms with van der Waals surface area (Å²) in [4.78, 5) is 26.3. The average molecular weight is 515 g/mol. The third kappa shape index (κ3) is 6.24. The molecule has 2 aliphatic rings. The number of nitrogens with one attached hydrogen (secondary N) is 2. The maximum atomic E-state index is 13.7. The maximum absolute atomic E-state index is 13.7. The second kappa shape index (κ2) is 11.9. The lowest BCUT2D eigenvalue weighted by atomic mass is 10.0. The van der Waals surface area contributed by atoms with Crippen LogP contribution in [-0.4, -0.2) is 63.9 Å². The number of hydrogen-bond acceptors (Lipinski definition) is 6. The number of carbonyl (C=O) groups excluding carboxylic acids is 2. The number of carbonyl (C=O) groups is 2. The van der Waals surface area contributed by atoms with Gasteiger partial charge in [-0.25, -0.2) is 8.42 Å². The highest BCUT2D eigenvalue weighted by Gasteiger charge is 2.28. The SMILES string of the molecule is CC(=O)N1CCOc2ccc(S(=O)(=O)N3CCCCNC(=O)CC(c4ccccc4)NCCC3)cc21. The number of benzene rings is 2. The lowest BCUT2D eigenvalue weighted by molar-refractivity contribution is -0.121. The number of ether oxygens (including phenoxy) is 1. The van der Waals surface area contributed by atoms with Crippen LogP contribution in [-0.2, 0) is 19.6 Å². The molecule has 36 heavy (non-hydrogen) atoms. The quantitative estimate of drug-likeness (QED) is 0.652. The van der Waals surface area contributed by atoms with Gasteiger partial charge in [0.05, 0.1) is 17.1 Å². The van der Waals surface area contributed by atoms with E-state index in [0.29, 0.717) is 76.5 Å². The molecule has 194 valence electrons. The molecular weight excluding hydrogens is 480 g/mol. The molecular formula is C26H34N4O5S. The highest BCUT2D eigenvalue weighted by molar-refractivity contribution is 7.89. The fourth-order valence-corrected chi connectivity index (χ4v) is 6.15. The third-order valence-electron chi connectivity index (χ3n) is 6.53. The first kappa shape index (κ1) is 26.1. The van der Waals surface area contributed by atoms with Crippen molar-refractivity contribution in [2.45, 2.75) is 43.5 Å². The highest BCUT2D eigenvalue weighted by atomic mass is 32.2. The minimum absolute atomic E-state index is 0.0219. The van der Waals surface area contributed by atoms with E-state index in [0.717, 1.165) is 5.56 Å². The normalized spacial score (nSPS) is 20.6. The molecule has 2 aromatic rings. The molecule has 2 amide bonds. The van der Waals surface area contributed by atoms with Gasteiger partial charge >= 0.3 is 0 Å². The second-order valence-corrected chi connectivity index (χ2v) is 11.0. The average Bonchev–Trinajstić information content (AvgIpc) is 2.90. The first-order valence-corrected chi connectivity index (χ1v) is 13.9. The Hall–Kier alpha value is -2.95. The molecule has 2 aliphatic heterocycles. The van der Waals surface area contributed by atoms with Crippen molar-refractivity contribution in [2.75, 3.05) is 44.2 Å². The Morgan fingerprint density at radius 3 is 2.56 bits per heavy atom. The Balaban J connectivity index is 1.52. The maximum Gasteiger partial charge on any atom is 0.243 e. The molecule has 2 heterocycles. The zero-order valence-corrected chi connectivity index (χ0v) is 21.4. The molecule has 0 bridgehead atoms. The fourth-order valence-electron chi connectivity index (χ4n) is 4.61. The van der Waals surface area contributed by atoms with Crippen LogP contribution in [0.1, 0.15) is 44.2 Å². The van der Waals surface area contributed by atoms with Crippen LogP contribution in [0.3, 0.4) is 0 Å². The summed E-state index contributed by atoms with van der Waals surface area (Å²) >= 11 is 0. The van der Waals surface area contributed by atoms with Crippen LogP contribution < -0.4 is 20.3 Å². The van der Waals surface area contributed by atoms with Crippen LogP contribution in [0, 0.1) is 0 Å². The second-order valence-electron chi connectivity index (χ2n) is 9.08. The van der Waals surface area contributed by atoms with E-state index >= 15 is 0 Å². The van der Waals surface area contributed by atoms with Crippen molar-refractivity contribution in [3.63, 3.8) is 0 Å². The van der Waals surface area contributed by atoms with Crippen LogP contribution in [0.5, 0.6) is 5.75 Å². The fraction of sp³-hybridized carbons (Fsp3) is 0.462. The molecule has 2 N–H and O–H groups in total. The van der Waals surface area contributed by atoms with Crippen molar-refractivity contribution in [2.24, 2.45) is 0 Å². The molecule has 1 atom stereocenters. The smallest absolute Gasteiger partial charge is 0.243 e. The zero-order chi connectivity index (χ0) is 25.5. The topological polar surface area (TPSA) is 108 Å². The predicted molar refractivity (Wildman–Crippen MR) is 137 cm³/mol. The summed E-state index contributed by atoms with van der Waals surface area (Å²) in [5, 5.41) is 6.39. The van der Waals surface area contributed by atoms with Crippen molar-refractivity contribution in [1.82, 2.24) is 14.9 Å². The number of hydrogen-bond donors (Lipinski definition) is 2. The summed E-state index contributed by atoms with van der Waals surface area (Å²) in [7, 11) is -3.79. The van der Waals surface area contributed by atoms with E-state index in [1.54, 1.807) is 17.0 Å². The number of fused-ring (bicyclic) bond motifs is 1. The predicted octanol–water partition coefficient (Wildman–Crippen LogP) is 2.44. The van der Waals surface area contributed by atoms with Crippen molar-refractivity contribution in [3.8, 4) is 5.75 Å². The van der Waals surface area contributed by atoms with E-state index in [1.807, 2.05) is 30.3 Å². The van der Waals surface area contributed by atoms with Gasteiger partial charge in [0.25, 0.3) is 0 Å². The van der Waals surface area contributed by atoms with Gasteiger partial charge in [0.2, 0.25) is 21.8 Å². The van der Waals surface area contributed by atoms with E-state index < -0.39 is 10.0 Å². The van der Waals surface area contributed by atoms with Gasteiger partial charge in [-0.05, 0) is 49.6 Å². The Morgan fingerprint density at radius 2 is 1.78 bits per heavy atom. The number of rotatable bonds is 3. The summed E-state index contributed by atoms with van der Waals surface area (Å²) in [6.45, 7) is 3.98. The van der Waals surface area contributed by atoms with E-state index in [1.165, 1.54) is 17.3 Å². The molecule has 0 radical (unpaired) electrons. The van der Waals surface area contributed by atoms with Crippen molar-refractivity contribution in [1.29, 1.82) is 0 Å². The van der Waals surface area contributed by atoms with E-state index in [2.05, 4.69) is 10.6 Å². The largest absolute Gasteiger partial charge is 0.490 e. The molecule has 0 spiro atoms. The minimum atomic E-state index is -3.79. The number of anilines is 1. The molecule has 1 saturated heterocycles. The van der Waals surface area contributed by atoms with Crippen LogP contribution in [0.4, 0.5) is 5.69 Å². The monoisotopic (exact) mass is 514 g/mol. The van der Waals surface area contributed by atoms with Gasteiger partial charge in [0, 0.05) is 39.0 Å². The lowest BCUT2D eigenvalue weighted by Crippen LogP contribution is -2.37. The van der Waals surface area contributed by atoms with Gasteiger partial charge in [-0.15, -0.1) is 0 Å². The molecule has 10 heteroatoms. The Bertz CT molecular complexity index is 1170. The molecule has 9 nitrogen and oxygen atoms in total. The molecule has 0 saturated carbocycles. The molecule has 4 rings (SSSR count). The summed E-state index contributed by atoms with van der Waals surface area (Å²) in [6, 6.07) is 14.4. The van der Waals surface area contributed by atoms with Gasteiger partial charge in [0.1, 0.15) is 12.4 Å². The van der Waals surface area contributed by atoms with E-state index in [-0.39, 0.29) is 22.8 Å². The minimum Gasteiger partial charge on any atom is -0.490 e. The standard InChI is InChI=1S/C26H34N4O5S/c1-20(31)30-16-17-35-25-11-10-22(18-24(25)30)36(33,34)29-14-6-5-12-28-26(32)19-23(27-13-7-15-29)21-8-3-2-4-9-21/h2-4,8-11,18,23,27H,5-7,12-17,19H2,1H3,(H,28,32). The molecule has 1 fully saturated rings. The summed E-state index contributed by atoms with van der Waals surface area (Å²) < 4.78 is 34.5. The van der Waals surface area contributed by atoms with Crippen LogP contribution in [0.25, 0.3) is 0 Å². The van der Waals surface area contributed by atoms with E-state index in [4.69, 9.17) is 4.74 Å². The first-order valence-electron chi connectivity index (χ1n) is 12.5. The molecule has 0 aliphatic carbocycles.